The van der Waals surface area contributed by atoms with Crippen LogP contribution in [0.4, 0.5) is 0 Å². The van der Waals surface area contributed by atoms with Crippen molar-refractivity contribution in [3.8, 4) is 23.0 Å². The molecule has 0 unspecified atom stereocenters. The molecule has 0 aliphatic rings. The average molecular weight is 396 g/mol. The quantitative estimate of drug-likeness (QED) is 0.730. The van der Waals surface area contributed by atoms with Crippen molar-refractivity contribution in [2.24, 2.45) is 4.36 Å². The first-order valence-corrected chi connectivity index (χ1v) is 9.90. The Morgan fingerprint density at radius 2 is 1.89 bits per heavy atom. The number of benzene rings is 1. The van der Waals surface area contributed by atoms with E-state index in [4.69, 9.17) is 5.26 Å². The summed E-state index contributed by atoms with van der Waals surface area (Å²) in [5.74, 6) is 0.383. The van der Waals surface area contributed by atoms with E-state index in [-0.39, 0.29) is 5.56 Å². The second kappa shape index (κ2) is 7.42. The second-order valence-electron chi connectivity index (χ2n) is 6.29. The van der Waals surface area contributed by atoms with E-state index in [1.54, 1.807) is 57.4 Å². The summed E-state index contributed by atoms with van der Waals surface area (Å²) in [6.07, 6.45) is 1.47. The Hall–Kier alpha value is -3.22. The minimum atomic E-state index is -2.71. The van der Waals surface area contributed by atoms with Gasteiger partial charge in [0.1, 0.15) is 9.92 Å². The maximum atomic E-state index is 12.9. The number of aromatic nitrogens is 3. The molecule has 0 aliphatic heterocycles. The van der Waals surface area contributed by atoms with Gasteiger partial charge in [0.25, 0.3) is 5.56 Å². The average Bonchev–Trinajstić information content (AvgIpc) is 3.01. The normalized spacial score (nSPS) is 13.1. The Balaban J connectivity index is 2.05. The Morgan fingerprint density at radius 3 is 2.39 bits per heavy atom. The van der Waals surface area contributed by atoms with E-state index in [0.717, 1.165) is 0 Å². The summed E-state index contributed by atoms with van der Waals surface area (Å²) in [6, 6.07) is 12.2. The van der Waals surface area contributed by atoms with E-state index in [1.807, 2.05) is 0 Å². The lowest BCUT2D eigenvalue weighted by atomic mass is 10.1. The molecular formula is C19H20N6O2S. The summed E-state index contributed by atoms with van der Waals surface area (Å²) in [4.78, 5) is 17.7. The number of pyridine rings is 1. The van der Waals surface area contributed by atoms with Crippen molar-refractivity contribution in [2.45, 2.75) is 11.8 Å². The molecule has 9 heteroatoms. The van der Waals surface area contributed by atoms with Gasteiger partial charge in [-0.05, 0) is 36.8 Å². The lowest BCUT2D eigenvalue weighted by Crippen LogP contribution is -2.22. The maximum Gasteiger partial charge on any atom is 0.280 e. The van der Waals surface area contributed by atoms with E-state index in [0.29, 0.717) is 33.1 Å². The zero-order valence-electron chi connectivity index (χ0n) is 16.0. The second-order valence-corrected chi connectivity index (χ2v) is 8.85. The van der Waals surface area contributed by atoms with Crippen LogP contribution in [0.3, 0.4) is 0 Å². The topological polar surface area (TPSA) is 107 Å². The fourth-order valence-corrected chi connectivity index (χ4v) is 4.30. The lowest BCUT2D eigenvalue weighted by Gasteiger charge is -2.16. The highest BCUT2D eigenvalue weighted by atomic mass is 32.2. The third-order valence-electron chi connectivity index (χ3n) is 4.37. The van der Waals surface area contributed by atoms with Crippen LogP contribution >= 0.6 is 0 Å². The Kier molecular flexibility index (Phi) is 5.18. The van der Waals surface area contributed by atoms with Gasteiger partial charge in [0, 0.05) is 33.0 Å². The first-order chi connectivity index (χ1) is 13.3. The smallest absolute Gasteiger partial charge is 0.280 e. The van der Waals surface area contributed by atoms with Gasteiger partial charge < -0.3 is 0 Å². The van der Waals surface area contributed by atoms with E-state index in [1.165, 1.54) is 22.2 Å². The Morgan fingerprint density at radius 1 is 1.21 bits per heavy atom. The molecule has 1 N–H and O–H groups in total. The number of aryl methyl sites for hydroxylation is 1. The number of nitriles is 1. The molecule has 0 amide bonds. The van der Waals surface area contributed by atoms with Crippen LogP contribution in [0.15, 0.2) is 56.6 Å². The minimum absolute atomic E-state index is 0.254. The highest BCUT2D eigenvalue weighted by Crippen LogP contribution is 2.21. The summed E-state index contributed by atoms with van der Waals surface area (Å²) in [7, 11) is 2.16. The minimum Gasteiger partial charge on any atom is -0.293 e. The van der Waals surface area contributed by atoms with Gasteiger partial charge >= 0.3 is 0 Å². The van der Waals surface area contributed by atoms with Crippen LogP contribution in [0, 0.1) is 18.3 Å². The van der Waals surface area contributed by atoms with Crippen molar-refractivity contribution < 1.29 is 4.21 Å². The molecule has 0 radical (unpaired) electrons. The fraction of sp³-hybridized carbons (Fsp3) is 0.211. The maximum absolute atomic E-state index is 12.9. The molecule has 3 rings (SSSR count). The van der Waals surface area contributed by atoms with Gasteiger partial charge in [0.05, 0.1) is 22.1 Å². The highest BCUT2D eigenvalue weighted by Gasteiger charge is 2.18. The number of nitrogens with one attached hydrogen (secondary N) is 1. The van der Waals surface area contributed by atoms with Gasteiger partial charge in [-0.1, -0.05) is 12.1 Å². The van der Waals surface area contributed by atoms with E-state index >= 15 is 0 Å². The van der Waals surface area contributed by atoms with Crippen LogP contribution in [0.2, 0.25) is 0 Å². The van der Waals surface area contributed by atoms with Crippen molar-refractivity contribution in [1.29, 1.82) is 5.26 Å². The number of H-pyrrole nitrogens is 1. The summed E-state index contributed by atoms with van der Waals surface area (Å²) >= 11 is 0. The van der Waals surface area contributed by atoms with Crippen LogP contribution in [0.25, 0.3) is 16.9 Å². The molecule has 8 nitrogen and oxygen atoms in total. The van der Waals surface area contributed by atoms with Crippen LogP contribution in [-0.2, 0) is 9.92 Å². The number of nitrogens with zero attached hydrogens (tertiary/aromatic N) is 5. The number of hydrogen-bond donors (Lipinski definition) is 1. The third-order valence-corrected chi connectivity index (χ3v) is 6.71. The number of rotatable bonds is 4. The summed E-state index contributed by atoms with van der Waals surface area (Å²) in [5.41, 5.74) is 2.18. The summed E-state index contributed by atoms with van der Waals surface area (Å²) in [5, 5.41) is 12.0. The molecule has 3 aromatic rings. The molecule has 1 atom stereocenters. The van der Waals surface area contributed by atoms with Crippen LogP contribution in [0.1, 0.15) is 11.3 Å². The molecule has 2 aromatic heterocycles. The van der Waals surface area contributed by atoms with Crippen molar-refractivity contribution in [1.82, 2.24) is 19.1 Å². The number of hydrogen-bond acceptors (Lipinski definition) is 5. The molecule has 144 valence electrons. The van der Waals surface area contributed by atoms with Crippen molar-refractivity contribution in [3.63, 3.8) is 0 Å². The third kappa shape index (κ3) is 3.24. The molecule has 28 heavy (non-hydrogen) atoms. The van der Waals surface area contributed by atoms with Crippen molar-refractivity contribution in [3.05, 3.63) is 64.2 Å². The predicted molar refractivity (Wildman–Crippen MR) is 108 cm³/mol. The largest absolute Gasteiger partial charge is 0.293 e. The first kappa shape index (κ1) is 19.5. The predicted octanol–water partition coefficient (Wildman–Crippen LogP) is 2.34. The number of aromatic amines is 1. The van der Waals surface area contributed by atoms with Gasteiger partial charge in [-0.15, -0.1) is 0 Å². The van der Waals surface area contributed by atoms with Crippen LogP contribution < -0.4 is 5.56 Å². The van der Waals surface area contributed by atoms with Crippen LogP contribution in [-0.4, -0.2) is 44.4 Å². The SMILES string of the molecule is CN=[S@@](=O)(c1ccc(-n2[nH]c(C)c(-c3ccc(C#N)cc3)c2=O)nc1)N(C)C. The summed E-state index contributed by atoms with van der Waals surface area (Å²) < 4.78 is 19.8. The lowest BCUT2D eigenvalue weighted by molar-refractivity contribution is 0.590. The fourth-order valence-electron chi connectivity index (χ4n) is 2.90. The Labute approximate surface area is 163 Å². The van der Waals surface area contributed by atoms with Gasteiger partial charge in [-0.25, -0.2) is 22.5 Å². The standard InChI is InChI=1S/C19H20N6O2S/c1-13-18(15-7-5-14(11-20)6-8-15)19(26)25(23-13)17-10-9-16(12-22-17)28(27,21-2)24(3)4/h5-10,12,23H,1-4H3/t28-/m0/s1. The molecule has 0 spiro atoms. The molecule has 0 saturated carbocycles. The van der Waals surface area contributed by atoms with E-state index < -0.39 is 9.92 Å². The summed E-state index contributed by atoms with van der Waals surface area (Å²) in [6.45, 7) is 1.80. The van der Waals surface area contributed by atoms with Crippen LogP contribution in [0.5, 0.6) is 0 Å². The van der Waals surface area contributed by atoms with E-state index in [9.17, 15) is 9.00 Å². The first-order valence-electron chi connectivity index (χ1n) is 8.43. The monoisotopic (exact) mass is 396 g/mol. The van der Waals surface area contributed by atoms with Gasteiger partial charge in [-0.2, -0.15) is 5.26 Å². The molecule has 2 heterocycles. The van der Waals surface area contributed by atoms with Gasteiger partial charge in [0.15, 0.2) is 5.82 Å². The molecule has 0 bridgehead atoms. The van der Waals surface area contributed by atoms with Gasteiger partial charge in [-0.3, -0.25) is 9.89 Å². The highest BCUT2D eigenvalue weighted by molar-refractivity contribution is 7.91. The molecular weight excluding hydrogens is 376 g/mol. The van der Waals surface area contributed by atoms with Crippen molar-refractivity contribution in [2.75, 3.05) is 21.1 Å². The molecule has 0 saturated heterocycles. The van der Waals surface area contributed by atoms with Gasteiger partial charge in [0.2, 0.25) is 0 Å². The molecule has 0 aliphatic carbocycles. The van der Waals surface area contributed by atoms with E-state index in [2.05, 4.69) is 20.5 Å². The Bertz CT molecular complexity index is 1220. The molecule has 1 aromatic carbocycles. The zero-order chi connectivity index (χ0) is 20.5. The van der Waals surface area contributed by atoms with Crippen molar-refractivity contribution >= 4 is 9.92 Å². The zero-order valence-corrected chi connectivity index (χ0v) is 16.8. The molecule has 0 fully saturated rings.